The van der Waals surface area contributed by atoms with Crippen molar-refractivity contribution in [3.8, 4) is 11.5 Å². The second-order valence-electron chi connectivity index (χ2n) is 3.12. The second kappa shape index (κ2) is 4.15. The van der Waals surface area contributed by atoms with Gasteiger partial charge in [0.25, 0.3) is 0 Å². The van der Waals surface area contributed by atoms with Gasteiger partial charge in [-0.25, -0.2) is 13.4 Å². The van der Waals surface area contributed by atoms with Crippen LogP contribution in [0.4, 0.5) is 0 Å². The summed E-state index contributed by atoms with van der Waals surface area (Å²) >= 11 is 1.48. The smallest absolute Gasteiger partial charge is 0.238 e. The van der Waals surface area contributed by atoms with Crippen LogP contribution in [0.5, 0.6) is 0 Å². The van der Waals surface area contributed by atoms with Gasteiger partial charge in [0.1, 0.15) is 17.1 Å². The van der Waals surface area contributed by atoms with Gasteiger partial charge in [-0.1, -0.05) is 5.16 Å². The Bertz CT molecular complexity index is 602. The molecule has 16 heavy (non-hydrogen) atoms. The third kappa shape index (κ3) is 2.81. The lowest BCUT2D eigenvalue weighted by atomic mass is 10.3. The van der Waals surface area contributed by atoms with E-state index in [0.717, 1.165) is 5.01 Å². The summed E-state index contributed by atoms with van der Waals surface area (Å²) < 4.78 is 26.6. The van der Waals surface area contributed by atoms with Crippen LogP contribution in [0.25, 0.3) is 11.5 Å². The highest BCUT2D eigenvalue weighted by Gasteiger charge is 2.14. The zero-order valence-corrected chi connectivity index (χ0v) is 10.6. The van der Waals surface area contributed by atoms with Gasteiger partial charge in [-0.2, -0.15) is 0 Å². The topological polar surface area (TPSA) is 73.1 Å². The normalized spacial score (nSPS) is 11.9. The van der Waals surface area contributed by atoms with E-state index in [1.165, 1.54) is 17.4 Å². The van der Waals surface area contributed by atoms with Crippen LogP contribution < -0.4 is 0 Å². The Morgan fingerprint density at radius 3 is 2.88 bits per heavy atom. The van der Waals surface area contributed by atoms with Crippen molar-refractivity contribution in [1.29, 1.82) is 0 Å². The molecule has 2 aromatic rings. The molecule has 8 heteroatoms. The van der Waals surface area contributed by atoms with Crippen molar-refractivity contribution in [3.05, 3.63) is 22.1 Å². The summed E-state index contributed by atoms with van der Waals surface area (Å²) in [7, 11) is 1.50. The highest BCUT2D eigenvalue weighted by atomic mass is 35.7. The molecule has 0 atom stereocenters. The molecule has 0 amide bonds. The summed E-state index contributed by atoms with van der Waals surface area (Å²) in [5.74, 6) is 0.0981. The molecule has 0 aliphatic carbocycles. The molecule has 0 aromatic carbocycles. The lowest BCUT2D eigenvalue weighted by Crippen LogP contribution is -1.94. The number of hydrogen-bond donors (Lipinski definition) is 0. The van der Waals surface area contributed by atoms with Gasteiger partial charge < -0.3 is 4.52 Å². The van der Waals surface area contributed by atoms with E-state index in [1.54, 1.807) is 0 Å². The first-order valence-corrected chi connectivity index (χ1v) is 7.60. The molecule has 0 radical (unpaired) electrons. The number of nitrogens with zero attached hydrogens (tertiary/aromatic N) is 2. The van der Waals surface area contributed by atoms with Gasteiger partial charge in [0, 0.05) is 22.1 Å². The van der Waals surface area contributed by atoms with Crippen molar-refractivity contribution in [3.63, 3.8) is 0 Å². The molecule has 0 spiro atoms. The lowest BCUT2D eigenvalue weighted by molar-refractivity contribution is 0.425. The number of hydrogen-bond acceptors (Lipinski definition) is 6. The van der Waals surface area contributed by atoms with Crippen LogP contribution in [0.15, 0.2) is 16.0 Å². The minimum absolute atomic E-state index is 0.274. The highest BCUT2D eigenvalue weighted by Crippen LogP contribution is 2.23. The summed E-state index contributed by atoms with van der Waals surface area (Å²) in [5, 5.41) is 6.33. The molecular formula is C8H7ClN2O3S2. The molecule has 0 aliphatic rings. The zero-order chi connectivity index (χ0) is 11.8. The Balaban J connectivity index is 2.26. The molecule has 2 aromatic heterocycles. The average molecular weight is 279 g/mol. The third-order valence-electron chi connectivity index (χ3n) is 1.75. The quantitative estimate of drug-likeness (QED) is 0.805. The van der Waals surface area contributed by atoms with Crippen LogP contribution in [0.2, 0.25) is 0 Å². The zero-order valence-electron chi connectivity index (χ0n) is 8.18. The molecule has 0 saturated carbocycles. The maximum absolute atomic E-state index is 10.8. The Kier molecular flexibility index (Phi) is 3.00. The van der Waals surface area contributed by atoms with Crippen LogP contribution in [0, 0.1) is 6.92 Å². The van der Waals surface area contributed by atoms with E-state index in [2.05, 4.69) is 10.1 Å². The number of halogens is 1. The highest BCUT2D eigenvalue weighted by molar-refractivity contribution is 8.13. The van der Waals surface area contributed by atoms with Crippen molar-refractivity contribution >= 4 is 31.1 Å². The van der Waals surface area contributed by atoms with E-state index in [4.69, 9.17) is 15.2 Å². The van der Waals surface area contributed by atoms with Crippen LogP contribution in [0.1, 0.15) is 10.7 Å². The fourth-order valence-corrected chi connectivity index (χ4v) is 2.58. The predicted molar refractivity (Wildman–Crippen MR) is 60.8 cm³/mol. The number of aryl methyl sites for hydroxylation is 1. The van der Waals surface area contributed by atoms with E-state index in [9.17, 15) is 8.42 Å². The van der Waals surface area contributed by atoms with Gasteiger partial charge in [0.15, 0.2) is 5.76 Å². The monoisotopic (exact) mass is 278 g/mol. The lowest BCUT2D eigenvalue weighted by Gasteiger charge is -1.86. The maximum Gasteiger partial charge on any atom is 0.238 e. The minimum atomic E-state index is -3.61. The molecule has 2 rings (SSSR count). The Hall–Kier alpha value is -0.920. The maximum atomic E-state index is 10.8. The van der Waals surface area contributed by atoms with Crippen LogP contribution in [-0.4, -0.2) is 18.6 Å². The number of aromatic nitrogens is 2. The summed E-state index contributed by atoms with van der Waals surface area (Å²) in [5.41, 5.74) is 0.920. The fourth-order valence-electron chi connectivity index (χ4n) is 1.15. The van der Waals surface area contributed by atoms with Gasteiger partial charge in [-0.15, -0.1) is 11.3 Å². The van der Waals surface area contributed by atoms with Crippen LogP contribution in [0.3, 0.4) is 0 Å². The summed E-state index contributed by atoms with van der Waals surface area (Å²) in [6.07, 6.45) is 0. The summed E-state index contributed by atoms with van der Waals surface area (Å²) in [6.45, 7) is 1.87. The Labute approximate surface area is 100 Å². The first kappa shape index (κ1) is 11.6. The standard InChI is InChI=1S/C8H7ClN2O3S2/c1-5-10-7(3-15-5)8-2-6(11-14-8)4-16(9,12)13/h2-3H,4H2,1H3. The minimum Gasteiger partial charge on any atom is -0.354 e. The molecule has 0 saturated heterocycles. The van der Waals surface area contributed by atoms with Crippen molar-refractivity contribution in [2.24, 2.45) is 0 Å². The van der Waals surface area contributed by atoms with Crippen molar-refractivity contribution < 1.29 is 12.9 Å². The van der Waals surface area contributed by atoms with Gasteiger partial charge in [-0.05, 0) is 6.92 Å². The molecule has 0 unspecified atom stereocenters. The van der Waals surface area contributed by atoms with Crippen molar-refractivity contribution in [2.45, 2.75) is 12.7 Å². The summed E-state index contributed by atoms with van der Waals surface area (Å²) in [6, 6.07) is 1.52. The molecular weight excluding hydrogens is 272 g/mol. The van der Waals surface area contributed by atoms with Gasteiger partial charge >= 0.3 is 0 Å². The van der Waals surface area contributed by atoms with Gasteiger partial charge in [-0.3, -0.25) is 0 Å². The Morgan fingerprint density at radius 2 is 2.31 bits per heavy atom. The molecule has 0 bridgehead atoms. The van der Waals surface area contributed by atoms with Gasteiger partial charge in [0.05, 0.1) is 5.01 Å². The van der Waals surface area contributed by atoms with Crippen LogP contribution >= 0.6 is 22.0 Å². The average Bonchev–Trinajstić information content (AvgIpc) is 2.71. The second-order valence-corrected chi connectivity index (χ2v) is 6.96. The van der Waals surface area contributed by atoms with E-state index in [0.29, 0.717) is 11.5 Å². The number of thiazole rings is 1. The van der Waals surface area contributed by atoms with E-state index >= 15 is 0 Å². The van der Waals surface area contributed by atoms with Crippen molar-refractivity contribution in [1.82, 2.24) is 10.1 Å². The molecule has 5 nitrogen and oxygen atoms in total. The fraction of sp³-hybridized carbons (Fsp3) is 0.250. The molecule has 0 fully saturated rings. The van der Waals surface area contributed by atoms with Crippen molar-refractivity contribution in [2.75, 3.05) is 0 Å². The van der Waals surface area contributed by atoms with E-state index < -0.39 is 9.05 Å². The molecule has 0 aliphatic heterocycles. The predicted octanol–water partition coefficient (Wildman–Crippen LogP) is 2.18. The first-order valence-electron chi connectivity index (χ1n) is 4.24. The Morgan fingerprint density at radius 1 is 1.56 bits per heavy atom. The largest absolute Gasteiger partial charge is 0.354 e. The molecule has 0 N–H and O–H groups in total. The third-order valence-corrected chi connectivity index (χ3v) is 3.49. The SMILES string of the molecule is Cc1nc(-c2cc(CS(=O)(=O)Cl)no2)cs1. The molecule has 86 valence electrons. The summed E-state index contributed by atoms with van der Waals surface area (Å²) in [4.78, 5) is 4.19. The van der Waals surface area contributed by atoms with Gasteiger partial charge in [0.2, 0.25) is 9.05 Å². The first-order chi connectivity index (χ1) is 7.44. The van der Waals surface area contributed by atoms with Crippen LogP contribution in [-0.2, 0) is 14.8 Å². The van der Waals surface area contributed by atoms with E-state index in [1.807, 2.05) is 12.3 Å². The van der Waals surface area contributed by atoms with E-state index in [-0.39, 0.29) is 11.4 Å². The number of rotatable bonds is 3. The molecule has 2 heterocycles.